The second-order valence-corrected chi connectivity index (χ2v) is 8.43. The number of hydrogen-bond acceptors (Lipinski definition) is 3. The van der Waals surface area contributed by atoms with Crippen molar-refractivity contribution >= 4 is 17.4 Å². The summed E-state index contributed by atoms with van der Waals surface area (Å²) in [6.07, 6.45) is 7.78. The first-order valence-corrected chi connectivity index (χ1v) is 11.9. The molecule has 0 unspecified atom stereocenters. The lowest BCUT2D eigenvalue weighted by molar-refractivity contribution is 0.104. The maximum atomic E-state index is 12.1. The van der Waals surface area contributed by atoms with E-state index in [0.29, 0.717) is 18.8 Å². The minimum Gasteiger partial charge on any atom is -0.494 e. The predicted octanol–water partition coefficient (Wildman–Crippen LogP) is 7.77. The number of ketones is 1. The van der Waals surface area contributed by atoms with Crippen LogP contribution >= 0.6 is 0 Å². The van der Waals surface area contributed by atoms with Gasteiger partial charge in [0.15, 0.2) is 5.78 Å². The smallest absolute Gasteiger partial charge is 0.185 e. The lowest BCUT2D eigenvalue weighted by atomic mass is 10.1. The number of carbonyl (C=O) groups excluding carboxylic acids is 1. The van der Waals surface area contributed by atoms with E-state index in [1.807, 2.05) is 67.6 Å². The number of ether oxygens (including phenoxy) is 2. The topological polar surface area (TPSA) is 35.5 Å². The van der Waals surface area contributed by atoms with Crippen molar-refractivity contribution in [3.8, 4) is 5.75 Å². The molecule has 0 aromatic heterocycles. The van der Waals surface area contributed by atoms with E-state index in [-0.39, 0.29) is 5.78 Å². The van der Waals surface area contributed by atoms with Gasteiger partial charge in [-0.3, -0.25) is 4.79 Å². The Hall–Kier alpha value is -3.43. The van der Waals surface area contributed by atoms with Gasteiger partial charge < -0.3 is 9.47 Å². The van der Waals surface area contributed by atoms with Crippen LogP contribution in [0.25, 0.3) is 11.6 Å². The molecular formula is C31H34O3. The summed E-state index contributed by atoms with van der Waals surface area (Å²) < 4.78 is 11.6. The molecule has 176 valence electrons. The summed E-state index contributed by atoms with van der Waals surface area (Å²) in [5, 5.41) is 0. The van der Waals surface area contributed by atoms with Crippen LogP contribution in [0.2, 0.25) is 0 Å². The highest BCUT2D eigenvalue weighted by Gasteiger charge is 2.00. The summed E-state index contributed by atoms with van der Waals surface area (Å²) in [5.41, 5.74) is 5.12. The van der Waals surface area contributed by atoms with Gasteiger partial charge in [0.05, 0.1) is 13.2 Å². The molecule has 0 spiro atoms. The molecule has 0 saturated carbocycles. The summed E-state index contributed by atoms with van der Waals surface area (Å²) in [6.45, 7) is 8.12. The Morgan fingerprint density at radius 3 is 2.15 bits per heavy atom. The van der Waals surface area contributed by atoms with Crippen LogP contribution in [0.15, 0.2) is 91.5 Å². The fourth-order valence-corrected chi connectivity index (χ4v) is 3.47. The van der Waals surface area contributed by atoms with Crippen molar-refractivity contribution in [2.45, 2.75) is 39.2 Å². The van der Waals surface area contributed by atoms with Crippen molar-refractivity contribution in [3.05, 3.63) is 114 Å². The van der Waals surface area contributed by atoms with Crippen molar-refractivity contribution in [2.24, 2.45) is 0 Å². The zero-order chi connectivity index (χ0) is 24.0. The van der Waals surface area contributed by atoms with Gasteiger partial charge in [0.1, 0.15) is 5.75 Å². The van der Waals surface area contributed by atoms with E-state index in [1.165, 1.54) is 11.1 Å². The molecule has 3 aromatic rings. The van der Waals surface area contributed by atoms with E-state index in [0.717, 1.165) is 49.2 Å². The molecule has 0 bridgehead atoms. The third-order valence-electron chi connectivity index (χ3n) is 5.53. The van der Waals surface area contributed by atoms with E-state index < -0.39 is 0 Å². The number of unbranched alkanes of at least 4 members (excludes halogenated alkanes) is 3. The van der Waals surface area contributed by atoms with Crippen LogP contribution < -0.4 is 4.74 Å². The van der Waals surface area contributed by atoms with Gasteiger partial charge in [-0.05, 0) is 61.1 Å². The first kappa shape index (κ1) is 25.2. The fourth-order valence-electron chi connectivity index (χ4n) is 3.47. The Labute approximate surface area is 203 Å². The molecule has 0 fully saturated rings. The minimum atomic E-state index is 0.00331. The lowest BCUT2D eigenvalue weighted by Gasteiger charge is -2.07. The average molecular weight is 455 g/mol. The van der Waals surface area contributed by atoms with E-state index in [9.17, 15) is 4.79 Å². The van der Waals surface area contributed by atoms with Crippen LogP contribution in [-0.4, -0.2) is 19.0 Å². The summed E-state index contributed by atoms with van der Waals surface area (Å²) >= 11 is 0. The molecule has 34 heavy (non-hydrogen) atoms. The number of hydrogen-bond donors (Lipinski definition) is 0. The molecule has 0 amide bonds. The average Bonchev–Trinajstić information content (AvgIpc) is 2.87. The first-order valence-electron chi connectivity index (χ1n) is 11.9. The van der Waals surface area contributed by atoms with Gasteiger partial charge in [0.25, 0.3) is 0 Å². The van der Waals surface area contributed by atoms with Crippen LogP contribution in [0.3, 0.4) is 0 Å². The van der Waals surface area contributed by atoms with Crippen LogP contribution in [-0.2, 0) is 11.3 Å². The molecule has 0 atom stereocenters. The number of rotatable bonds is 14. The Morgan fingerprint density at radius 2 is 1.47 bits per heavy atom. The highest BCUT2D eigenvalue weighted by atomic mass is 16.5. The summed E-state index contributed by atoms with van der Waals surface area (Å²) in [4.78, 5) is 12.1. The molecule has 3 nitrogen and oxygen atoms in total. The van der Waals surface area contributed by atoms with Gasteiger partial charge in [0, 0.05) is 12.2 Å². The normalized spacial score (nSPS) is 11.0. The largest absolute Gasteiger partial charge is 0.494 e. The maximum absolute atomic E-state index is 12.1. The third-order valence-corrected chi connectivity index (χ3v) is 5.53. The van der Waals surface area contributed by atoms with Crippen LogP contribution in [0, 0.1) is 0 Å². The van der Waals surface area contributed by atoms with Gasteiger partial charge in [-0.15, -0.1) is 0 Å². The summed E-state index contributed by atoms with van der Waals surface area (Å²) in [5.74, 6) is 0.858. The molecule has 3 rings (SSSR count). The molecule has 0 aliphatic carbocycles. The summed E-state index contributed by atoms with van der Waals surface area (Å²) in [7, 11) is 0. The quantitative estimate of drug-likeness (QED) is 0.142. The predicted molar refractivity (Wildman–Crippen MR) is 141 cm³/mol. The van der Waals surface area contributed by atoms with Gasteiger partial charge in [-0.1, -0.05) is 91.4 Å². The molecule has 3 aromatic carbocycles. The molecule has 0 heterocycles. The van der Waals surface area contributed by atoms with Gasteiger partial charge in [-0.2, -0.15) is 0 Å². The molecule has 0 saturated heterocycles. The number of carbonyl (C=O) groups is 1. The highest BCUT2D eigenvalue weighted by molar-refractivity contribution is 6.06. The Balaban J connectivity index is 1.24. The minimum absolute atomic E-state index is 0.00331. The van der Waals surface area contributed by atoms with Gasteiger partial charge in [0.2, 0.25) is 0 Å². The number of benzene rings is 3. The van der Waals surface area contributed by atoms with Crippen LogP contribution in [0.1, 0.15) is 59.7 Å². The van der Waals surface area contributed by atoms with Crippen molar-refractivity contribution < 1.29 is 14.3 Å². The van der Waals surface area contributed by atoms with E-state index in [2.05, 4.69) is 30.8 Å². The molecule has 3 heteroatoms. The van der Waals surface area contributed by atoms with Crippen molar-refractivity contribution in [2.75, 3.05) is 13.2 Å². The van der Waals surface area contributed by atoms with E-state index >= 15 is 0 Å². The van der Waals surface area contributed by atoms with Gasteiger partial charge in [-0.25, -0.2) is 0 Å². The fraction of sp³-hybridized carbons (Fsp3) is 0.258. The van der Waals surface area contributed by atoms with Gasteiger partial charge >= 0.3 is 0 Å². The molecule has 0 radical (unpaired) electrons. The highest BCUT2D eigenvalue weighted by Crippen LogP contribution is 2.15. The first-order chi connectivity index (χ1) is 16.6. The second kappa shape index (κ2) is 14.0. The van der Waals surface area contributed by atoms with Crippen molar-refractivity contribution in [3.63, 3.8) is 0 Å². The van der Waals surface area contributed by atoms with Crippen molar-refractivity contribution in [1.29, 1.82) is 0 Å². The zero-order valence-corrected chi connectivity index (χ0v) is 20.0. The monoisotopic (exact) mass is 454 g/mol. The summed E-state index contributed by atoms with van der Waals surface area (Å²) in [6, 6.07) is 25.5. The van der Waals surface area contributed by atoms with Crippen LogP contribution in [0.4, 0.5) is 0 Å². The van der Waals surface area contributed by atoms with E-state index in [4.69, 9.17) is 9.47 Å². The van der Waals surface area contributed by atoms with E-state index in [1.54, 1.807) is 6.08 Å². The van der Waals surface area contributed by atoms with Crippen molar-refractivity contribution in [1.82, 2.24) is 0 Å². The number of allylic oxidation sites excluding steroid dienone is 2. The Morgan fingerprint density at radius 1 is 0.794 bits per heavy atom. The molecule has 0 aliphatic rings. The standard InChI is InChI=1S/C31H34O3/c1-25(2)28-17-12-27(13-18-28)24-33-22-8-3-4-9-23-34-30-19-14-26(15-20-30)16-21-31(32)29-10-6-5-7-11-29/h5-7,10-21H,1,3-4,8-9,22-24H2,2H3. The lowest BCUT2D eigenvalue weighted by Crippen LogP contribution is -1.99. The Bertz CT molecular complexity index is 1050. The molecule has 0 aliphatic heterocycles. The molecular weight excluding hydrogens is 420 g/mol. The van der Waals surface area contributed by atoms with Crippen LogP contribution in [0.5, 0.6) is 5.75 Å². The molecule has 0 N–H and O–H groups in total. The Kier molecular flexibility index (Phi) is 10.4. The SMILES string of the molecule is C=C(C)c1ccc(COCCCCCCOc2ccc(C=CC(=O)c3ccccc3)cc2)cc1. The third kappa shape index (κ3) is 8.84. The second-order valence-electron chi connectivity index (χ2n) is 8.43. The zero-order valence-electron chi connectivity index (χ0n) is 20.0. The maximum Gasteiger partial charge on any atom is 0.185 e.